The molecule has 0 aliphatic heterocycles. The van der Waals surface area contributed by atoms with Crippen LogP contribution in [0.2, 0.25) is 5.02 Å². The van der Waals surface area contributed by atoms with Gasteiger partial charge in [-0.05, 0) is 18.2 Å². The largest absolute Gasteiger partial charge is 0.495 e. The highest BCUT2D eigenvalue weighted by Crippen LogP contribution is 2.38. The van der Waals surface area contributed by atoms with Gasteiger partial charge in [0.15, 0.2) is 11.3 Å². The first-order valence-electron chi connectivity index (χ1n) is 9.82. The molecule has 33 heavy (non-hydrogen) atoms. The summed E-state index contributed by atoms with van der Waals surface area (Å²) in [6, 6.07) is 17.0. The Kier molecular flexibility index (Phi) is 5.02. The Morgan fingerprint density at radius 1 is 0.909 bits per heavy atom. The number of nitrogens with zero attached hydrogens (tertiary/aromatic N) is 5. The molecule has 2 aromatic heterocycles. The van der Waals surface area contributed by atoms with Gasteiger partial charge in [0.2, 0.25) is 0 Å². The van der Waals surface area contributed by atoms with Crippen molar-refractivity contribution in [2.45, 2.75) is 0 Å². The molecule has 0 saturated carbocycles. The minimum Gasteiger partial charge on any atom is -0.495 e. The maximum Gasteiger partial charge on any atom is 0.270 e. The SMILES string of the molecule is COc1cc(OC)c(-n2c(-c3cccc([N+](=O)[O-])c3)nc3nc4ccccc4nc32)cc1Cl. The molecule has 0 atom stereocenters. The van der Waals surface area contributed by atoms with E-state index in [1.807, 2.05) is 24.3 Å². The van der Waals surface area contributed by atoms with E-state index in [0.717, 1.165) is 0 Å². The Labute approximate surface area is 192 Å². The van der Waals surface area contributed by atoms with Gasteiger partial charge < -0.3 is 9.47 Å². The van der Waals surface area contributed by atoms with Crippen molar-refractivity contribution in [3.63, 3.8) is 0 Å². The summed E-state index contributed by atoms with van der Waals surface area (Å²) >= 11 is 6.45. The minimum atomic E-state index is -0.452. The number of methoxy groups -OCH3 is 2. The Hall–Kier alpha value is -4.24. The first-order chi connectivity index (χ1) is 16.0. The Morgan fingerprint density at radius 3 is 2.33 bits per heavy atom. The molecule has 0 aliphatic carbocycles. The highest BCUT2D eigenvalue weighted by Gasteiger charge is 2.22. The topological polar surface area (TPSA) is 105 Å². The van der Waals surface area contributed by atoms with E-state index in [2.05, 4.69) is 4.98 Å². The van der Waals surface area contributed by atoms with Crippen molar-refractivity contribution in [2.75, 3.05) is 14.2 Å². The number of aromatic nitrogens is 4. The van der Waals surface area contributed by atoms with Gasteiger partial charge in [0.25, 0.3) is 5.69 Å². The molecule has 9 nitrogen and oxygen atoms in total. The average molecular weight is 462 g/mol. The van der Waals surface area contributed by atoms with E-state index in [-0.39, 0.29) is 5.69 Å². The number of halogens is 1. The average Bonchev–Trinajstić information content (AvgIpc) is 3.20. The highest BCUT2D eigenvalue weighted by atomic mass is 35.5. The number of rotatable bonds is 5. The summed E-state index contributed by atoms with van der Waals surface area (Å²) in [6.45, 7) is 0. The summed E-state index contributed by atoms with van der Waals surface area (Å²) in [6.07, 6.45) is 0. The van der Waals surface area contributed by atoms with Crippen LogP contribution in [0.15, 0.2) is 60.7 Å². The molecule has 5 aromatic rings. The third-order valence-electron chi connectivity index (χ3n) is 5.18. The molecular weight excluding hydrogens is 446 g/mol. The molecule has 164 valence electrons. The van der Waals surface area contributed by atoms with Crippen LogP contribution in [-0.4, -0.2) is 38.7 Å². The number of imidazole rings is 1. The molecule has 0 unspecified atom stereocenters. The number of hydrogen-bond donors (Lipinski definition) is 0. The van der Waals surface area contributed by atoms with Crippen LogP contribution in [0.3, 0.4) is 0 Å². The maximum absolute atomic E-state index is 11.4. The maximum atomic E-state index is 11.4. The van der Waals surface area contributed by atoms with E-state index >= 15 is 0 Å². The molecule has 0 fully saturated rings. The van der Waals surface area contributed by atoms with Gasteiger partial charge >= 0.3 is 0 Å². The third kappa shape index (κ3) is 3.48. The van der Waals surface area contributed by atoms with Crippen LogP contribution in [0.5, 0.6) is 11.5 Å². The Morgan fingerprint density at radius 2 is 1.64 bits per heavy atom. The molecule has 10 heteroatoms. The molecule has 0 aliphatic rings. The summed E-state index contributed by atoms with van der Waals surface area (Å²) in [7, 11) is 3.04. The fourth-order valence-electron chi connectivity index (χ4n) is 3.66. The summed E-state index contributed by atoms with van der Waals surface area (Å²) in [5.41, 5.74) is 3.19. The van der Waals surface area contributed by atoms with Crippen LogP contribution < -0.4 is 9.47 Å². The fourth-order valence-corrected chi connectivity index (χ4v) is 3.89. The Bertz CT molecular complexity index is 1550. The fraction of sp³-hybridized carbons (Fsp3) is 0.0870. The molecule has 2 heterocycles. The predicted octanol–water partition coefficient (Wildman–Crippen LogP) is 5.21. The first-order valence-corrected chi connectivity index (χ1v) is 10.2. The molecule has 0 amide bonds. The van der Waals surface area contributed by atoms with Gasteiger partial charge in [-0.1, -0.05) is 35.9 Å². The van der Waals surface area contributed by atoms with Crippen molar-refractivity contribution in [3.05, 3.63) is 75.8 Å². The minimum absolute atomic E-state index is 0.0584. The van der Waals surface area contributed by atoms with Crippen LogP contribution in [0.4, 0.5) is 5.69 Å². The second-order valence-electron chi connectivity index (χ2n) is 7.10. The molecule has 0 radical (unpaired) electrons. The third-order valence-corrected chi connectivity index (χ3v) is 5.47. The number of ether oxygens (including phenoxy) is 2. The standard InChI is InChI=1S/C23H16ClN5O4/c1-32-19-12-20(33-2)18(11-15(19)24)28-22(13-6-5-7-14(10-13)29(30)31)27-21-23(28)26-17-9-4-3-8-16(17)25-21/h3-12H,1-2H3. The molecule has 0 saturated heterocycles. The molecule has 0 spiro atoms. The van der Waals surface area contributed by atoms with Crippen LogP contribution >= 0.6 is 11.6 Å². The van der Waals surface area contributed by atoms with E-state index in [9.17, 15) is 10.1 Å². The normalized spacial score (nSPS) is 11.1. The summed E-state index contributed by atoms with van der Waals surface area (Å²) in [5.74, 6) is 1.30. The number of nitro benzene ring substituents is 1. The summed E-state index contributed by atoms with van der Waals surface area (Å²) in [4.78, 5) is 25.1. The number of para-hydroxylation sites is 2. The quantitative estimate of drug-likeness (QED) is 0.261. The Balaban J connectivity index is 1.89. The molecule has 0 bridgehead atoms. The molecular formula is C23H16ClN5O4. The number of hydrogen-bond acceptors (Lipinski definition) is 7. The van der Waals surface area contributed by atoms with Crippen LogP contribution in [0.1, 0.15) is 0 Å². The monoisotopic (exact) mass is 461 g/mol. The van der Waals surface area contributed by atoms with Crippen molar-refractivity contribution in [1.29, 1.82) is 0 Å². The van der Waals surface area contributed by atoms with Gasteiger partial charge in [-0.25, -0.2) is 15.0 Å². The number of nitro groups is 1. The van der Waals surface area contributed by atoms with E-state index in [1.165, 1.54) is 26.4 Å². The van der Waals surface area contributed by atoms with Crippen LogP contribution in [0.25, 0.3) is 39.4 Å². The molecule has 3 aromatic carbocycles. The molecule has 0 N–H and O–H groups in total. The second kappa shape index (κ2) is 8.03. The zero-order valence-electron chi connectivity index (χ0n) is 17.5. The number of fused-ring (bicyclic) bond motifs is 2. The number of benzene rings is 3. The van der Waals surface area contributed by atoms with Gasteiger partial charge in [-0.15, -0.1) is 0 Å². The van der Waals surface area contributed by atoms with Crippen molar-refractivity contribution in [3.8, 4) is 28.6 Å². The van der Waals surface area contributed by atoms with Gasteiger partial charge in [-0.2, -0.15) is 0 Å². The van der Waals surface area contributed by atoms with Crippen molar-refractivity contribution >= 4 is 39.6 Å². The lowest BCUT2D eigenvalue weighted by atomic mass is 10.2. The summed E-state index contributed by atoms with van der Waals surface area (Å²) in [5, 5.41) is 11.7. The molecule has 5 rings (SSSR count). The number of non-ortho nitro benzene ring substituents is 1. The van der Waals surface area contributed by atoms with Crippen LogP contribution in [-0.2, 0) is 0 Å². The van der Waals surface area contributed by atoms with Gasteiger partial charge in [0.05, 0.1) is 40.9 Å². The van der Waals surface area contributed by atoms with E-state index in [1.54, 1.807) is 28.8 Å². The predicted molar refractivity (Wildman–Crippen MR) is 124 cm³/mol. The summed E-state index contributed by atoms with van der Waals surface area (Å²) < 4.78 is 12.7. The zero-order chi connectivity index (χ0) is 23.1. The van der Waals surface area contributed by atoms with Crippen LogP contribution in [0, 0.1) is 10.1 Å². The van der Waals surface area contributed by atoms with E-state index < -0.39 is 4.92 Å². The smallest absolute Gasteiger partial charge is 0.270 e. The van der Waals surface area contributed by atoms with Gasteiger partial charge in [-0.3, -0.25) is 14.7 Å². The van der Waals surface area contributed by atoms with E-state index in [4.69, 9.17) is 31.0 Å². The first kappa shape index (κ1) is 20.7. The van der Waals surface area contributed by atoms with Crippen molar-refractivity contribution in [2.24, 2.45) is 0 Å². The lowest BCUT2D eigenvalue weighted by Crippen LogP contribution is -2.03. The van der Waals surface area contributed by atoms with Gasteiger partial charge in [0, 0.05) is 23.8 Å². The highest BCUT2D eigenvalue weighted by molar-refractivity contribution is 6.32. The van der Waals surface area contributed by atoms with E-state index in [0.29, 0.717) is 55.9 Å². The van der Waals surface area contributed by atoms with Gasteiger partial charge in [0.1, 0.15) is 17.3 Å². The van der Waals surface area contributed by atoms with Crippen molar-refractivity contribution < 1.29 is 14.4 Å². The van der Waals surface area contributed by atoms with Crippen molar-refractivity contribution in [1.82, 2.24) is 19.5 Å². The lowest BCUT2D eigenvalue weighted by molar-refractivity contribution is -0.384. The lowest BCUT2D eigenvalue weighted by Gasteiger charge is -2.15. The second-order valence-corrected chi connectivity index (χ2v) is 7.50. The zero-order valence-corrected chi connectivity index (χ0v) is 18.3.